The van der Waals surface area contributed by atoms with Crippen LogP contribution in [0.25, 0.3) is 0 Å². The molecule has 0 heterocycles. The summed E-state index contributed by atoms with van der Waals surface area (Å²) in [5.41, 5.74) is 6.28. The molecule has 12 heavy (non-hydrogen) atoms. The van der Waals surface area contributed by atoms with E-state index < -0.39 is 5.97 Å². The van der Waals surface area contributed by atoms with Crippen LogP contribution < -0.4 is 40.4 Å². The van der Waals surface area contributed by atoms with Gasteiger partial charge in [-0.25, -0.2) is 0 Å². The van der Waals surface area contributed by atoms with E-state index in [0.29, 0.717) is 6.54 Å². The van der Waals surface area contributed by atoms with Crippen LogP contribution in [0.1, 0.15) is 15.9 Å². The first-order valence-corrected chi connectivity index (χ1v) is 3.24. The maximum Gasteiger partial charge on any atom is 1.00 e. The Kier molecular flexibility index (Phi) is 5.17. The molecule has 2 N–H and O–H groups in total. The van der Waals surface area contributed by atoms with Crippen LogP contribution in [0.5, 0.6) is 0 Å². The third kappa shape index (κ3) is 2.95. The minimum absolute atomic E-state index is 0. The molecule has 1 aromatic carbocycles. The van der Waals surface area contributed by atoms with E-state index in [9.17, 15) is 9.90 Å². The Hall–Kier alpha value is -0.350. The molecule has 4 heteroatoms. The molecule has 0 spiro atoms. The van der Waals surface area contributed by atoms with Crippen molar-refractivity contribution < 1.29 is 39.5 Å². The Morgan fingerprint density at radius 1 is 1.50 bits per heavy atom. The SMILES string of the molecule is NCc1cccc(C(=O)[O-])c1.[Na+]. The van der Waals surface area contributed by atoms with Crippen LogP contribution >= 0.6 is 0 Å². The van der Waals surface area contributed by atoms with Crippen molar-refractivity contribution in [2.75, 3.05) is 0 Å². The Balaban J connectivity index is 0.00000121. The van der Waals surface area contributed by atoms with Gasteiger partial charge in [0, 0.05) is 6.54 Å². The molecule has 0 saturated heterocycles. The molecule has 0 amide bonds. The van der Waals surface area contributed by atoms with Gasteiger partial charge in [-0.2, -0.15) is 0 Å². The fraction of sp³-hybridized carbons (Fsp3) is 0.125. The first-order valence-electron chi connectivity index (χ1n) is 3.24. The molecule has 0 unspecified atom stereocenters. The summed E-state index contributed by atoms with van der Waals surface area (Å²) in [5, 5.41) is 10.3. The average molecular weight is 173 g/mol. The van der Waals surface area contributed by atoms with Gasteiger partial charge in [-0.15, -0.1) is 0 Å². The number of hydrogen-bond acceptors (Lipinski definition) is 3. The summed E-state index contributed by atoms with van der Waals surface area (Å²) in [6.45, 7) is 0.348. The number of aromatic carboxylic acids is 1. The summed E-state index contributed by atoms with van der Waals surface area (Å²) >= 11 is 0. The van der Waals surface area contributed by atoms with Gasteiger partial charge in [0.05, 0.1) is 5.97 Å². The van der Waals surface area contributed by atoms with E-state index in [1.807, 2.05) is 0 Å². The summed E-state index contributed by atoms with van der Waals surface area (Å²) in [6.07, 6.45) is 0. The molecule has 0 aliphatic heterocycles. The molecular formula is C8H8NNaO2. The van der Waals surface area contributed by atoms with Crippen LogP contribution in [0.2, 0.25) is 0 Å². The summed E-state index contributed by atoms with van der Waals surface area (Å²) in [4.78, 5) is 10.3. The molecule has 3 nitrogen and oxygen atoms in total. The van der Waals surface area contributed by atoms with E-state index >= 15 is 0 Å². The zero-order valence-corrected chi connectivity index (χ0v) is 8.91. The van der Waals surface area contributed by atoms with E-state index in [1.165, 1.54) is 12.1 Å². The van der Waals surface area contributed by atoms with Gasteiger partial charge in [0.1, 0.15) is 0 Å². The quantitative estimate of drug-likeness (QED) is 0.472. The van der Waals surface area contributed by atoms with E-state index in [0.717, 1.165) is 5.56 Å². The number of carbonyl (C=O) groups excluding carboxylic acids is 1. The second-order valence-corrected chi connectivity index (χ2v) is 2.19. The van der Waals surface area contributed by atoms with Gasteiger partial charge >= 0.3 is 29.6 Å². The van der Waals surface area contributed by atoms with Crippen molar-refractivity contribution in [2.24, 2.45) is 5.73 Å². The molecule has 0 bridgehead atoms. The molecular weight excluding hydrogens is 165 g/mol. The van der Waals surface area contributed by atoms with Gasteiger partial charge in [0.15, 0.2) is 0 Å². The van der Waals surface area contributed by atoms with Crippen molar-refractivity contribution in [1.82, 2.24) is 0 Å². The largest absolute Gasteiger partial charge is 1.00 e. The number of carboxylic acids is 1. The number of rotatable bonds is 2. The molecule has 0 aliphatic carbocycles. The van der Waals surface area contributed by atoms with Crippen LogP contribution in [0, 0.1) is 0 Å². The first kappa shape index (κ1) is 11.6. The predicted molar refractivity (Wildman–Crippen MR) is 38.7 cm³/mol. The molecule has 1 rings (SSSR count). The predicted octanol–water partition coefficient (Wildman–Crippen LogP) is -3.49. The zero-order chi connectivity index (χ0) is 8.27. The van der Waals surface area contributed by atoms with Crippen LogP contribution in [0.15, 0.2) is 24.3 Å². The van der Waals surface area contributed by atoms with Crippen molar-refractivity contribution in [3.8, 4) is 0 Å². The molecule has 58 valence electrons. The number of hydrogen-bond donors (Lipinski definition) is 1. The number of benzene rings is 1. The zero-order valence-electron chi connectivity index (χ0n) is 6.91. The summed E-state index contributed by atoms with van der Waals surface area (Å²) in [5.74, 6) is -1.17. The van der Waals surface area contributed by atoms with Crippen molar-refractivity contribution in [3.63, 3.8) is 0 Å². The van der Waals surface area contributed by atoms with Gasteiger partial charge < -0.3 is 15.6 Å². The van der Waals surface area contributed by atoms with Crippen LogP contribution in [0.3, 0.4) is 0 Å². The van der Waals surface area contributed by atoms with Crippen LogP contribution in [-0.2, 0) is 6.54 Å². The molecule has 0 aliphatic rings. The Bertz CT molecular complexity index is 276. The van der Waals surface area contributed by atoms with E-state index in [2.05, 4.69) is 0 Å². The second kappa shape index (κ2) is 5.32. The van der Waals surface area contributed by atoms with E-state index in [4.69, 9.17) is 5.73 Å². The van der Waals surface area contributed by atoms with E-state index in [-0.39, 0.29) is 35.1 Å². The third-order valence-corrected chi connectivity index (χ3v) is 1.40. The van der Waals surface area contributed by atoms with Gasteiger partial charge in [-0.1, -0.05) is 18.2 Å². The fourth-order valence-corrected chi connectivity index (χ4v) is 0.825. The Labute approximate surface area is 92.9 Å². The molecule has 0 atom stereocenters. The second-order valence-electron chi connectivity index (χ2n) is 2.19. The van der Waals surface area contributed by atoms with Crippen molar-refractivity contribution in [2.45, 2.75) is 6.54 Å². The molecule has 0 fully saturated rings. The standard InChI is InChI=1S/C8H9NO2.Na/c9-5-6-2-1-3-7(4-6)8(10)11;/h1-4H,5,9H2,(H,10,11);/q;+1/p-1. The summed E-state index contributed by atoms with van der Waals surface area (Å²) < 4.78 is 0. The van der Waals surface area contributed by atoms with E-state index in [1.54, 1.807) is 12.1 Å². The molecule has 0 aromatic heterocycles. The molecule has 0 saturated carbocycles. The maximum absolute atomic E-state index is 10.3. The fourth-order valence-electron chi connectivity index (χ4n) is 0.825. The Morgan fingerprint density at radius 2 is 2.17 bits per heavy atom. The number of carbonyl (C=O) groups is 1. The first-order chi connectivity index (χ1) is 5.24. The number of carboxylic acid groups (broad SMARTS) is 1. The average Bonchev–Trinajstić information content (AvgIpc) is 2.05. The van der Waals surface area contributed by atoms with Crippen molar-refractivity contribution >= 4 is 5.97 Å². The monoisotopic (exact) mass is 173 g/mol. The third-order valence-electron chi connectivity index (χ3n) is 1.40. The van der Waals surface area contributed by atoms with Gasteiger partial charge in [-0.05, 0) is 17.2 Å². The van der Waals surface area contributed by atoms with Gasteiger partial charge in [-0.3, -0.25) is 0 Å². The topological polar surface area (TPSA) is 66.2 Å². The molecule has 0 radical (unpaired) electrons. The normalized spacial score (nSPS) is 8.75. The van der Waals surface area contributed by atoms with Gasteiger partial charge in [0.25, 0.3) is 0 Å². The summed E-state index contributed by atoms with van der Waals surface area (Å²) in [6, 6.07) is 6.41. The Morgan fingerprint density at radius 3 is 2.67 bits per heavy atom. The van der Waals surface area contributed by atoms with Gasteiger partial charge in [0.2, 0.25) is 0 Å². The minimum Gasteiger partial charge on any atom is -0.545 e. The smallest absolute Gasteiger partial charge is 0.545 e. The van der Waals surface area contributed by atoms with Crippen LogP contribution in [-0.4, -0.2) is 5.97 Å². The summed E-state index contributed by atoms with van der Waals surface area (Å²) in [7, 11) is 0. The van der Waals surface area contributed by atoms with Crippen molar-refractivity contribution in [3.05, 3.63) is 35.4 Å². The van der Waals surface area contributed by atoms with Crippen LogP contribution in [0.4, 0.5) is 0 Å². The van der Waals surface area contributed by atoms with Crippen molar-refractivity contribution in [1.29, 1.82) is 0 Å². The maximum atomic E-state index is 10.3. The molecule has 1 aromatic rings. The number of nitrogens with two attached hydrogens (primary N) is 1. The minimum atomic E-state index is -1.17.